The molecule has 5 nitrogen and oxygen atoms in total. The maximum absolute atomic E-state index is 6.29. The summed E-state index contributed by atoms with van der Waals surface area (Å²) in [6.45, 7) is 7.92. The molecule has 7 heteroatoms. The summed E-state index contributed by atoms with van der Waals surface area (Å²) in [6, 6.07) is 8.20. The Balaban J connectivity index is 1.81. The maximum atomic E-state index is 6.29. The Hall–Kier alpha value is -1.63. The second-order valence-electron chi connectivity index (χ2n) is 7.29. The van der Waals surface area contributed by atoms with Crippen molar-refractivity contribution in [3.05, 3.63) is 50.9 Å². The molecule has 1 saturated heterocycles. The molecule has 2 aromatic rings. The quantitative estimate of drug-likeness (QED) is 0.560. The zero-order valence-corrected chi connectivity index (χ0v) is 18.4. The van der Waals surface area contributed by atoms with Gasteiger partial charge in [0.25, 0.3) is 0 Å². The van der Waals surface area contributed by atoms with Gasteiger partial charge in [-0.2, -0.15) is 0 Å². The van der Waals surface area contributed by atoms with Crippen molar-refractivity contribution in [2.24, 2.45) is 4.99 Å². The Bertz CT molecular complexity index is 801. The van der Waals surface area contributed by atoms with Gasteiger partial charge in [-0.1, -0.05) is 23.7 Å². The molecule has 0 spiro atoms. The normalized spacial score (nSPS) is 16.8. The number of aryl methyl sites for hydroxylation is 1. The van der Waals surface area contributed by atoms with Gasteiger partial charge in [0.15, 0.2) is 5.96 Å². The largest absolute Gasteiger partial charge is 0.381 e. The van der Waals surface area contributed by atoms with Crippen LogP contribution in [0.15, 0.2) is 34.6 Å². The summed E-state index contributed by atoms with van der Waals surface area (Å²) < 4.78 is 5.64. The number of nitrogens with zero attached hydrogens (tertiary/aromatic N) is 3. The summed E-state index contributed by atoms with van der Waals surface area (Å²) in [5, 5.41) is 7.40. The highest BCUT2D eigenvalue weighted by Crippen LogP contribution is 2.36. The van der Waals surface area contributed by atoms with Crippen molar-refractivity contribution < 1.29 is 4.74 Å². The van der Waals surface area contributed by atoms with E-state index < -0.39 is 0 Å². The van der Waals surface area contributed by atoms with Gasteiger partial charge < -0.3 is 15.0 Å². The van der Waals surface area contributed by atoms with Gasteiger partial charge in [0.2, 0.25) is 0 Å². The first-order valence-electron chi connectivity index (χ1n) is 9.77. The number of ether oxygens (including phenoxy) is 1. The first kappa shape index (κ1) is 21.1. The molecule has 3 rings (SSSR count). The SMILES string of the molecule is CCNC(=NCC1(c2cccc(Cl)c2)CCOCC1)N(C)Cc1csc(C)n1. The van der Waals surface area contributed by atoms with Gasteiger partial charge in [-0.3, -0.25) is 4.99 Å². The second-order valence-corrected chi connectivity index (χ2v) is 8.79. The summed E-state index contributed by atoms with van der Waals surface area (Å²) in [5.74, 6) is 0.904. The third kappa shape index (κ3) is 5.25. The summed E-state index contributed by atoms with van der Waals surface area (Å²) in [5.41, 5.74) is 2.29. The summed E-state index contributed by atoms with van der Waals surface area (Å²) in [7, 11) is 2.06. The molecule has 1 aromatic carbocycles. The van der Waals surface area contributed by atoms with Crippen molar-refractivity contribution >= 4 is 28.9 Å². The average molecular weight is 421 g/mol. The first-order chi connectivity index (χ1) is 13.5. The fourth-order valence-corrected chi connectivity index (χ4v) is 4.41. The van der Waals surface area contributed by atoms with Crippen LogP contribution in [-0.4, -0.2) is 49.2 Å². The van der Waals surface area contributed by atoms with E-state index in [2.05, 4.69) is 46.7 Å². The molecular weight excluding hydrogens is 392 g/mol. The molecule has 0 atom stereocenters. The Morgan fingerprint density at radius 2 is 2.18 bits per heavy atom. The first-order valence-corrected chi connectivity index (χ1v) is 11.0. The Morgan fingerprint density at radius 3 is 2.82 bits per heavy atom. The fourth-order valence-electron chi connectivity index (χ4n) is 3.61. The average Bonchev–Trinajstić information content (AvgIpc) is 3.10. The van der Waals surface area contributed by atoms with E-state index in [-0.39, 0.29) is 5.41 Å². The second kappa shape index (κ2) is 9.72. The van der Waals surface area contributed by atoms with Crippen LogP contribution in [0.1, 0.15) is 36.0 Å². The third-order valence-corrected chi connectivity index (χ3v) is 6.24. The topological polar surface area (TPSA) is 49.8 Å². The number of hydrogen-bond acceptors (Lipinski definition) is 4. The highest BCUT2D eigenvalue weighted by molar-refractivity contribution is 7.09. The van der Waals surface area contributed by atoms with Crippen LogP contribution < -0.4 is 5.32 Å². The van der Waals surface area contributed by atoms with Crippen LogP contribution in [0, 0.1) is 6.92 Å². The minimum Gasteiger partial charge on any atom is -0.381 e. The van der Waals surface area contributed by atoms with Crippen molar-refractivity contribution in [3.8, 4) is 0 Å². The minimum atomic E-state index is -0.0398. The summed E-state index contributed by atoms with van der Waals surface area (Å²) >= 11 is 7.97. The molecule has 28 heavy (non-hydrogen) atoms. The van der Waals surface area contributed by atoms with Gasteiger partial charge in [0, 0.05) is 42.6 Å². The summed E-state index contributed by atoms with van der Waals surface area (Å²) in [6.07, 6.45) is 1.90. The Kier molecular flexibility index (Phi) is 7.32. The predicted molar refractivity (Wildman–Crippen MR) is 117 cm³/mol. The van der Waals surface area contributed by atoms with Gasteiger partial charge in [-0.05, 0) is 44.4 Å². The van der Waals surface area contributed by atoms with E-state index in [1.54, 1.807) is 11.3 Å². The van der Waals surface area contributed by atoms with Crippen molar-refractivity contribution in [1.29, 1.82) is 0 Å². The van der Waals surface area contributed by atoms with Crippen molar-refractivity contribution in [1.82, 2.24) is 15.2 Å². The molecule has 1 fully saturated rings. The lowest BCUT2D eigenvalue weighted by Gasteiger charge is -2.37. The van der Waals surface area contributed by atoms with Crippen molar-refractivity contribution in [2.45, 2.75) is 38.6 Å². The van der Waals surface area contributed by atoms with Gasteiger partial charge in [-0.15, -0.1) is 11.3 Å². The maximum Gasteiger partial charge on any atom is 0.194 e. The molecule has 0 aliphatic carbocycles. The molecular formula is C21H29ClN4OS. The van der Waals surface area contributed by atoms with E-state index in [0.29, 0.717) is 6.54 Å². The van der Waals surface area contributed by atoms with Crippen LogP contribution in [0.25, 0.3) is 0 Å². The fraction of sp³-hybridized carbons (Fsp3) is 0.524. The number of aromatic nitrogens is 1. The highest BCUT2D eigenvalue weighted by atomic mass is 35.5. The van der Waals surface area contributed by atoms with Crippen LogP contribution in [0.3, 0.4) is 0 Å². The lowest BCUT2D eigenvalue weighted by molar-refractivity contribution is 0.0530. The standard InChI is InChI=1S/C21H29ClN4OS/c1-4-23-20(26(3)13-19-14-28-16(2)25-19)24-15-21(8-10-27-11-9-21)17-6-5-7-18(22)12-17/h5-7,12,14H,4,8-11,13,15H2,1-3H3,(H,23,24). The molecule has 1 N–H and O–H groups in total. The van der Waals surface area contributed by atoms with Gasteiger partial charge in [0.05, 0.1) is 23.8 Å². The van der Waals surface area contributed by atoms with Crippen LogP contribution in [0.4, 0.5) is 0 Å². The molecule has 0 saturated carbocycles. The molecule has 1 aliphatic rings. The van der Waals surface area contributed by atoms with E-state index >= 15 is 0 Å². The minimum absolute atomic E-state index is 0.0398. The van der Waals surface area contributed by atoms with Crippen LogP contribution in [0.5, 0.6) is 0 Å². The zero-order valence-electron chi connectivity index (χ0n) is 16.9. The molecule has 152 valence electrons. The number of rotatable bonds is 6. The van der Waals surface area contributed by atoms with E-state index in [1.165, 1.54) is 5.56 Å². The number of nitrogens with one attached hydrogen (secondary N) is 1. The van der Waals surface area contributed by atoms with Crippen LogP contribution in [0.2, 0.25) is 5.02 Å². The molecule has 0 radical (unpaired) electrons. The van der Waals surface area contributed by atoms with E-state index in [0.717, 1.165) is 60.8 Å². The smallest absolute Gasteiger partial charge is 0.194 e. The molecule has 1 aromatic heterocycles. The van der Waals surface area contributed by atoms with E-state index in [1.807, 2.05) is 19.1 Å². The molecule has 1 aliphatic heterocycles. The van der Waals surface area contributed by atoms with E-state index in [4.69, 9.17) is 21.3 Å². The van der Waals surface area contributed by atoms with Gasteiger partial charge >= 0.3 is 0 Å². The number of hydrogen-bond donors (Lipinski definition) is 1. The van der Waals surface area contributed by atoms with E-state index in [9.17, 15) is 0 Å². The number of guanidine groups is 1. The highest BCUT2D eigenvalue weighted by Gasteiger charge is 2.34. The number of benzene rings is 1. The lowest BCUT2D eigenvalue weighted by Crippen LogP contribution is -2.41. The molecule has 0 unspecified atom stereocenters. The van der Waals surface area contributed by atoms with Crippen LogP contribution >= 0.6 is 22.9 Å². The Labute approximate surface area is 176 Å². The lowest BCUT2D eigenvalue weighted by atomic mass is 9.74. The van der Waals surface area contributed by atoms with Crippen LogP contribution in [-0.2, 0) is 16.7 Å². The number of aliphatic imine (C=N–C) groups is 1. The van der Waals surface area contributed by atoms with Gasteiger partial charge in [-0.25, -0.2) is 4.98 Å². The van der Waals surface area contributed by atoms with Crippen molar-refractivity contribution in [2.75, 3.05) is 33.4 Å². The zero-order chi connectivity index (χ0) is 20.0. The molecule has 0 amide bonds. The van der Waals surface area contributed by atoms with Crippen molar-refractivity contribution in [3.63, 3.8) is 0 Å². The predicted octanol–water partition coefficient (Wildman–Crippen LogP) is 4.25. The summed E-state index contributed by atoms with van der Waals surface area (Å²) in [4.78, 5) is 11.7. The third-order valence-electron chi connectivity index (χ3n) is 5.18. The number of thiazole rings is 1. The monoisotopic (exact) mass is 420 g/mol. The molecule has 0 bridgehead atoms. The Morgan fingerprint density at radius 1 is 1.39 bits per heavy atom. The molecule has 2 heterocycles. The number of halogens is 1. The van der Waals surface area contributed by atoms with Gasteiger partial charge in [0.1, 0.15) is 0 Å².